The van der Waals surface area contributed by atoms with Crippen LogP contribution >= 0.6 is 0 Å². The van der Waals surface area contributed by atoms with Crippen molar-refractivity contribution in [3.8, 4) is 5.75 Å². The van der Waals surface area contributed by atoms with Gasteiger partial charge in [-0.05, 0) is 58.1 Å². The molecule has 20 heavy (non-hydrogen) atoms. The molecule has 0 unspecified atom stereocenters. The number of hydrogen-bond donors (Lipinski definition) is 1. The second kappa shape index (κ2) is 7.50. The minimum absolute atomic E-state index is 0.692. The number of nitrogens with zero attached hydrogens (tertiary/aromatic N) is 2. The zero-order valence-corrected chi connectivity index (χ0v) is 12.7. The molecule has 1 fully saturated rings. The number of likely N-dealkylation sites (tertiary alicyclic amines) is 1. The Hall–Kier alpha value is -1.26. The Morgan fingerprint density at radius 3 is 2.70 bits per heavy atom. The Bertz CT molecular complexity index is 402. The normalized spacial score (nSPS) is 17.6. The van der Waals surface area contributed by atoms with Crippen molar-refractivity contribution in [1.82, 2.24) is 9.80 Å². The lowest BCUT2D eigenvalue weighted by atomic mass is 9.97. The molecule has 0 saturated carbocycles. The molecular weight excluding hydrogens is 250 g/mol. The summed E-state index contributed by atoms with van der Waals surface area (Å²) in [5, 5.41) is 0. The summed E-state index contributed by atoms with van der Waals surface area (Å²) >= 11 is 0. The summed E-state index contributed by atoms with van der Waals surface area (Å²) in [6, 6.07) is 7.67. The summed E-state index contributed by atoms with van der Waals surface area (Å²) in [5.74, 6) is 1.62. The molecule has 4 heteroatoms. The number of nitrogens with two attached hydrogens (primary N) is 1. The number of para-hydroxylation sites is 2. The Morgan fingerprint density at radius 1 is 1.30 bits per heavy atom. The third-order valence-corrected chi connectivity index (χ3v) is 4.06. The van der Waals surface area contributed by atoms with Gasteiger partial charge in [0, 0.05) is 13.1 Å². The minimum Gasteiger partial charge on any atom is -0.490 e. The Labute approximate surface area is 122 Å². The smallest absolute Gasteiger partial charge is 0.142 e. The first kappa shape index (κ1) is 15.1. The van der Waals surface area contributed by atoms with Gasteiger partial charge in [0.1, 0.15) is 12.4 Å². The molecule has 0 radical (unpaired) electrons. The number of rotatable bonds is 6. The van der Waals surface area contributed by atoms with Gasteiger partial charge < -0.3 is 20.3 Å². The first-order valence-corrected chi connectivity index (χ1v) is 7.49. The number of piperidine rings is 1. The van der Waals surface area contributed by atoms with E-state index >= 15 is 0 Å². The van der Waals surface area contributed by atoms with E-state index < -0.39 is 0 Å². The maximum absolute atomic E-state index is 5.86. The fourth-order valence-corrected chi connectivity index (χ4v) is 2.70. The van der Waals surface area contributed by atoms with Crippen molar-refractivity contribution in [3.63, 3.8) is 0 Å². The molecule has 1 saturated heterocycles. The van der Waals surface area contributed by atoms with Gasteiger partial charge in [0.25, 0.3) is 0 Å². The van der Waals surface area contributed by atoms with Crippen LogP contribution in [0.25, 0.3) is 0 Å². The number of ether oxygens (including phenoxy) is 1. The Kier molecular flexibility index (Phi) is 5.68. The molecule has 112 valence electrons. The summed E-state index contributed by atoms with van der Waals surface area (Å²) in [7, 11) is 4.38. The summed E-state index contributed by atoms with van der Waals surface area (Å²) in [4.78, 5) is 4.78. The molecule has 1 aliphatic heterocycles. The SMILES string of the molecule is CN1CCC(CN(C)CCOc2ccccc2N)CC1. The summed E-state index contributed by atoms with van der Waals surface area (Å²) < 4.78 is 5.74. The van der Waals surface area contributed by atoms with E-state index in [2.05, 4.69) is 23.9 Å². The molecule has 1 aromatic rings. The Morgan fingerprint density at radius 2 is 2.00 bits per heavy atom. The predicted molar refractivity (Wildman–Crippen MR) is 84.1 cm³/mol. The zero-order chi connectivity index (χ0) is 14.4. The van der Waals surface area contributed by atoms with Gasteiger partial charge in [0.2, 0.25) is 0 Å². The van der Waals surface area contributed by atoms with Crippen molar-refractivity contribution in [2.45, 2.75) is 12.8 Å². The van der Waals surface area contributed by atoms with Gasteiger partial charge in [0.05, 0.1) is 5.69 Å². The monoisotopic (exact) mass is 277 g/mol. The molecule has 0 aromatic heterocycles. The fraction of sp³-hybridized carbons (Fsp3) is 0.625. The average molecular weight is 277 g/mol. The van der Waals surface area contributed by atoms with Gasteiger partial charge in [0.15, 0.2) is 0 Å². The maximum atomic E-state index is 5.86. The van der Waals surface area contributed by atoms with Crippen molar-refractivity contribution in [3.05, 3.63) is 24.3 Å². The van der Waals surface area contributed by atoms with Gasteiger partial charge in [-0.3, -0.25) is 0 Å². The number of likely N-dealkylation sites (N-methyl/N-ethyl adjacent to an activating group) is 1. The Balaban J connectivity index is 1.65. The molecule has 0 bridgehead atoms. The highest BCUT2D eigenvalue weighted by molar-refractivity contribution is 5.51. The van der Waals surface area contributed by atoms with Gasteiger partial charge in [-0.25, -0.2) is 0 Å². The minimum atomic E-state index is 0.692. The first-order valence-electron chi connectivity index (χ1n) is 7.49. The third-order valence-electron chi connectivity index (χ3n) is 4.06. The molecule has 0 amide bonds. The molecule has 0 aliphatic carbocycles. The van der Waals surface area contributed by atoms with Crippen LogP contribution in [-0.4, -0.2) is 56.7 Å². The zero-order valence-electron chi connectivity index (χ0n) is 12.7. The highest BCUT2D eigenvalue weighted by Gasteiger charge is 2.17. The first-order chi connectivity index (χ1) is 9.65. The van der Waals surface area contributed by atoms with E-state index in [1.807, 2.05) is 24.3 Å². The van der Waals surface area contributed by atoms with E-state index in [1.165, 1.54) is 32.5 Å². The van der Waals surface area contributed by atoms with E-state index in [1.54, 1.807) is 0 Å². The van der Waals surface area contributed by atoms with Crippen molar-refractivity contribution < 1.29 is 4.74 Å². The lowest BCUT2D eigenvalue weighted by Crippen LogP contribution is -2.36. The number of nitrogen functional groups attached to an aromatic ring is 1. The summed E-state index contributed by atoms with van der Waals surface area (Å²) in [6.07, 6.45) is 2.63. The van der Waals surface area contributed by atoms with Crippen molar-refractivity contribution in [1.29, 1.82) is 0 Å². The van der Waals surface area contributed by atoms with E-state index in [9.17, 15) is 0 Å². The highest BCUT2D eigenvalue weighted by Crippen LogP contribution is 2.20. The van der Waals surface area contributed by atoms with Gasteiger partial charge in [-0.15, -0.1) is 0 Å². The third kappa shape index (κ3) is 4.69. The predicted octanol–water partition coefficient (Wildman–Crippen LogP) is 1.92. The van der Waals surface area contributed by atoms with Crippen LogP contribution in [0.15, 0.2) is 24.3 Å². The summed E-state index contributed by atoms with van der Waals surface area (Å²) in [5.41, 5.74) is 6.57. The van der Waals surface area contributed by atoms with E-state index in [-0.39, 0.29) is 0 Å². The van der Waals surface area contributed by atoms with Crippen LogP contribution in [-0.2, 0) is 0 Å². The van der Waals surface area contributed by atoms with Crippen molar-refractivity contribution in [2.75, 3.05) is 52.6 Å². The van der Waals surface area contributed by atoms with Gasteiger partial charge >= 0.3 is 0 Å². The molecular formula is C16H27N3O. The molecule has 2 N–H and O–H groups in total. The average Bonchev–Trinajstić information content (AvgIpc) is 2.43. The molecule has 4 nitrogen and oxygen atoms in total. The highest BCUT2D eigenvalue weighted by atomic mass is 16.5. The largest absolute Gasteiger partial charge is 0.490 e. The van der Waals surface area contributed by atoms with Crippen LogP contribution in [0.1, 0.15) is 12.8 Å². The molecule has 1 heterocycles. The molecule has 1 aliphatic rings. The molecule has 2 rings (SSSR count). The molecule has 0 atom stereocenters. The second-order valence-corrected chi connectivity index (χ2v) is 5.90. The topological polar surface area (TPSA) is 41.7 Å². The summed E-state index contributed by atoms with van der Waals surface area (Å²) in [6.45, 7) is 5.27. The van der Waals surface area contributed by atoms with Crippen LogP contribution in [0.5, 0.6) is 5.75 Å². The molecule has 1 aromatic carbocycles. The number of hydrogen-bond acceptors (Lipinski definition) is 4. The lowest BCUT2D eigenvalue weighted by molar-refractivity contribution is 0.162. The van der Waals surface area contributed by atoms with Crippen LogP contribution in [0.2, 0.25) is 0 Å². The molecule has 0 spiro atoms. The van der Waals surface area contributed by atoms with Crippen molar-refractivity contribution >= 4 is 5.69 Å². The standard InChI is InChI=1S/C16H27N3O/c1-18-9-7-14(8-10-18)13-19(2)11-12-20-16-6-4-3-5-15(16)17/h3-6,14H,7-13,17H2,1-2H3. The van der Waals surface area contributed by atoms with Crippen LogP contribution in [0.4, 0.5) is 5.69 Å². The van der Waals surface area contributed by atoms with Crippen LogP contribution in [0.3, 0.4) is 0 Å². The quantitative estimate of drug-likeness (QED) is 0.807. The van der Waals surface area contributed by atoms with E-state index in [0.717, 1.165) is 18.2 Å². The lowest BCUT2D eigenvalue weighted by Gasteiger charge is -2.31. The van der Waals surface area contributed by atoms with Gasteiger partial charge in [-0.1, -0.05) is 12.1 Å². The van der Waals surface area contributed by atoms with Crippen LogP contribution < -0.4 is 10.5 Å². The van der Waals surface area contributed by atoms with Crippen molar-refractivity contribution in [2.24, 2.45) is 5.92 Å². The number of benzene rings is 1. The van der Waals surface area contributed by atoms with Gasteiger partial charge in [-0.2, -0.15) is 0 Å². The van der Waals surface area contributed by atoms with E-state index in [4.69, 9.17) is 10.5 Å². The fourth-order valence-electron chi connectivity index (χ4n) is 2.70. The second-order valence-electron chi connectivity index (χ2n) is 5.90. The maximum Gasteiger partial charge on any atom is 0.142 e. The van der Waals surface area contributed by atoms with E-state index in [0.29, 0.717) is 12.3 Å². The van der Waals surface area contributed by atoms with Crippen LogP contribution in [0, 0.1) is 5.92 Å². The number of anilines is 1.